The molecule has 45 heavy (non-hydrogen) atoms. The summed E-state index contributed by atoms with van der Waals surface area (Å²) in [6.45, 7) is 1.55. The van der Waals surface area contributed by atoms with Crippen LogP contribution < -0.4 is 16.6 Å². The summed E-state index contributed by atoms with van der Waals surface area (Å²) in [5.74, 6) is -4.24. The number of amides is 1. The highest BCUT2D eigenvalue weighted by molar-refractivity contribution is 5.91. The molecule has 0 unspecified atom stereocenters. The highest BCUT2D eigenvalue weighted by atomic mass is 16.6. The van der Waals surface area contributed by atoms with Gasteiger partial charge in [0.15, 0.2) is 0 Å². The number of aliphatic carboxylic acids is 1. The third-order valence-corrected chi connectivity index (χ3v) is 8.29. The van der Waals surface area contributed by atoms with Crippen molar-refractivity contribution < 1.29 is 33.8 Å². The lowest BCUT2D eigenvalue weighted by Gasteiger charge is -2.36. The maximum atomic E-state index is 13.7. The summed E-state index contributed by atoms with van der Waals surface area (Å²) in [5.41, 5.74) is 7.25. The second-order valence-electron chi connectivity index (χ2n) is 11.1. The molecule has 0 radical (unpaired) electrons. The normalized spacial score (nSPS) is 17.8. The number of nitrogens with one attached hydrogen (secondary N) is 1. The second kappa shape index (κ2) is 11.6. The molecular weight excluding hydrogens is 580 g/mol. The van der Waals surface area contributed by atoms with Crippen molar-refractivity contribution in [2.75, 3.05) is 0 Å². The molecule has 4 aromatic rings. The molecule has 0 bridgehead atoms. The van der Waals surface area contributed by atoms with Gasteiger partial charge >= 0.3 is 17.9 Å². The fourth-order valence-electron chi connectivity index (χ4n) is 5.92. The van der Waals surface area contributed by atoms with Gasteiger partial charge in [-0.3, -0.25) is 14.4 Å². The van der Waals surface area contributed by atoms with Gasteiger partial charge in [0.1, 0.15) is 12.6 Å². The smallest absolute Gasteiger partial charge is 0.355 e. The maximum Gasteiger partial charge on any atom is 0.355 e. The molecule has 12 heteroatoms. The molecule has 0 fully saturated rings. The molecule has 2 aliphatic heterocycles. The van der Waals surface area contributed by atoms with Gasteiger partial charge in [-0.05, 0) is 36.6 Å². The monoisotopic (exact) mass is 610 g/mol. The van der Waals surface area contributed by atoms with E-state index in [0.29, 0.717) is 11.4 Å². The van der Waals surface area contributed by atoms with Gasteiger partial charge in [-0.2, -0.15) is 0 Å². The zero-order valence-corrected chi connectivity index (χ0v) is 24.3. The molecule has 4 heterocycles. The summed E-state index contributed by atoms with van der Waals surface area (Å²) < 4.78 is 12.6. The average molecular weight is 611 g/mol. The van der Waals surface area contributed by atoms with Crippen molar-refractivity contribution in [1.82, 2.24) is 14.9 Å². The van der Waals surface area contributed by atoms with Crippen LogP contribution in [0.2, 0.25) is 0 Å². The predicted octanol–water partition coefficient (Wildman–Crippen LogP) is 2.16. The van der Waals surface area contributed by atoms with Gasteiger partial charge in [-0.25, -0.2) is 14.6 Å². The number of aromatic nitrogens is 2. The Balaban J connectivity index is 1.28. The first kappa shape index (κ1) is 29.7. The summed E-state index contributed by atoms with van der Waals surface area (Å²) in [7, 11) is 0. The SMILES string of the molecule is CC[C@@]1(OC(=O)C[C@@H](NC(=O)[C@@H](N)Cc2ccccc2)C(=O)O)C(=O)OCc2c1cc1n(c2=O)Cc2cc3ccccc3nc2-1. The summed E-state index contributed by atoms with van der Waals surface area (Å²) in [5, 5.41) is 13.0. The van der Waals surface area contributed by atoms with Crippen LogP contribution in [0.25, 0.3) is 22.3 Å². The van der Waals surface area contributed by atoms with E-state index in [9.17, 15) is 29.1 Å². The van der Waals surface area contributed by atoms with Gasteiger partial charge < -0.3 is 30.2 Å². The first-order chi connectivity index (χ1) is 21.6. The molecule has 4 N–H and O–H groups in total. The number of nitrogens with two attached hydrogens (primary N) is 1. The summed E-state index contributed by atoms with van der Waals surface area (Å²) in [4.78, 5) is 69.8. The summed E-state index contributed by atoms with van der Waals surface area (Å²) in [6, 6.07) is 17.3. The van der Waals surface area contributed by atoms with Gasteiger partial charge in [-0.1, -0.05) is 55.5 Å². The number of carboxylic acid groups (broad SMARTS) is 1. The third-order valence-electron chi connectivity index (χ3n) is 8.29. The number of ether oxygens (including phenoxy) is 2. The number of hydrogen-bond donors (Lipinski definition) is 3. The molecule has 2 aromatic carbocycles. The number of nitrogens with zero attached hydrogens (tertiary/aromatic N) is 2. The molecule has 0 spiro atoms. The molecule has 0 saturated heterocycles. The third kappa shape index (κ3) is 5.33. The fourth-order valence-corrected chi connectivity index (χ4v) is 5.92. The Hall–Kier alpha value is -5.36. The molecule has 2 aliphatic rings. The summed E-state index contributed by atoms with van der Waals surface area (Å²) in [6.07, 6.45) is -0.750. The van der Waals surface area contributed by atoms with Crippen molar-refractivity contribution >= 4 is 34.7 Å². The molecule has 12 nitrogen and oxygen atoms in total. The van der Waals surface area contributed by atoms with Crippen LogP contribution in [0.1, 0.15) is 42.0 Å². The second-order valence-corrected chi connectivity index (χ2v) is 11.1. The average Bonchev–Trinajstić information content (AvgIpc) is 3.39. The largest absolute Gasteiger partial charge is 0.480 e. The lowest BCUT2D eigenvalue weighted by atomic mass is 9.85. The van der Waals surface area contributed by atoms with Crippen LogP contribution in [0.4, 0.5) is 0 Å². The minimum atomic E-state index is -2.02. The molecular formula is C33H30N4O8. The maximum absolute atomic E-state index is 13.7. The van der Waals surface area contributed by atoms with E-state index >= 15 is 0 Å². The zero-order valence-electron chi connectivity index (χ0n) is 24.3. The zero-order chi connectivity index (χ0) is 31.9. The van der Waals surface area contributed by atoms with E-state index in [-0.39, 0.29) is 37.1 Å². The molecule has 230 valence electrons. The van der Waals surface area contributed by atoms with Crippen molar-refractivity contribution in [2.24, 2.45) is 5.73 Å². The highest BCUT2D eigenvalue weighted by Crippen LogP contribution is 2.41. The molecule has 0 aliphatic carbocycles. The number of cyclic esters (lactones) is 1. The van der Waals surface area contributed by atoms with E-state index < -0.39 is 53.5 Å². The Morgan fingerprint density at radius 2 is 1.84 bits per heavy atom. The number of fused-ring (bicyclic) bond motifs is 5. The number of carbonyl (C=O) groups excluding carboxylic acids is 3. The number of esters is 2. The van der Waals surface area contributed by atoms with E-state index in [4.69, 9.17) is 20.2 Å². The number of benzene rings is 2. The van der Waals surface area contributed by atoms with Gasteiger partial charge in [0.25, 0.3) is 5.56 Å². The minimum Gasteiger partial charge on any atom is -0.480 e. The van der Waals surface area contributed by atoms with Gasteiger partial charge in [0, 0.05) is 16.5 Å². The number of hydrogen-bond acceptors (Lipinski definition) is 9. The Kier molecular flexibility index (Phi) is 7.67. The van der Waals surface area contributed by atoms with Crippen molar-refractivity contribution in [2.45, 2.75) is 57.0 Å². The van der Waals surface area contributed by atoms with Crippen LogP contribution in [0.15, 0.2) is 71.5 Å². The van der Waals surface area contributed by atoms with Crippen LogP contribution in [-0.4, -0.2) is 50.6 Å². The standard InChI is InChI=1S/C33H30N4O8/c1-2-33(45-27(38)15-25(31(41)42)36-29(39)23(34)12-18-8-4-3-5-9-18)22-14-26-28-20(13-19-10-6-7-11-24(19)35-28)16-37(26)30(40)21(22)17-44-32(33)43/h3-11,13-14,23,25H,2,12,15-17,34H2,1H3,(H,36,39)(H,41,42)/t23-,25+,33-/m0/s1. The Morgan fingerprint density at radius 3 is 2.58 bits per heavy atom. The van der Waals surface area contributed by atoms with Gasteiger partial charge in [0.2, 0.25) is 11.5 Å². The summed E-state index contributed by atoms with van der Waals surface area (Å²) >= 11 is 0. The van der Waals surface area contributed by atoms with E-state index in [0.717, 1.165) is 22.0 Å². The lowest BCUT2D eigenvalue weighted by molar-refractivity contribution is -0.190. The number of para-hydroxylation sites is 1. The van der Waals surface area contributed by atoms with Gasteiger partial charge in [-0.15, -0.1) is 0 Å². The van der Waals surface area contributed by atoms with Crippen LogP contribution in [0.5, 0.6) is 0 Å². The van der Waals surface area contributed by atoms with Gasteiger partial charge in [0.05, 0.1) is 41.5 Å². The Morgan fingerprint density at radius 1 is 1.11 bits per heavy atom. The molecule has 6 rings (SSSR count). The van der Waals surface area contributed by atoms with Crippen molar-refractivity contribution in [3.05, 3.63) is 99.3 Å². The number of pyridine rings is 2. The van der Waals surface area contributed by atoms with E-state index in [2.05, 4.69) is 5.32 Å². The topological polar surface area (TPSA) is 180 Å². The van der Waals surface area contributed by atoms with Crippen molar-refractivity contribution in [3.8, 4) is 11.4 Å². The van der Waals surface area contributed by atoms with Crippen LogP contribution in [0, 0.1) is 0 Å². The van der Waals surface area contributed by atoms with Crippen molar-refractivity contribution in [3.63, 3.8) is 0 Å². The Labute approximate surface area is 256 Å². The first-order valence-electron chi connectivity index (χ1n) is 14.5. The van der Waals surface area contributed by atoms with Crippen LogP contribution >= 0.6 is 0 Å². The van der Waals surface area contributed by atoms with Crippen molar-refractivity contribution in [1.29, 1.82) is 0 Å². The highest BCUT2D eigenvalue weighted by Gasteiger charge is 2.50. The number of carbonyl (C=O) groups is 4. The van der Waals surface area contributed by atoms with E-state index in [1.165, 1.54) is 0 Å². The van der Waals surface area contributed by atoms with E-state index in [1.54, 1.807) is 41.8 Å². The minimum absolute atomic E-state index is 0.0997. The van der Waals surface area contributed by atoms with Crippen LogP contribution in [-0.2, 0) is 53.8 Å². The van der Waals surface area contributed by atoms with Crippen LogP contribution in [0.3, 0.4) is 0 Å². The quantitative estimate of drug-likeness (QED) is 0.209. The molecule has 0 saturated carbocycles. The Bertz CT molecular complexity index is 1920. The molecule has 2 aromatic heterocycles. The molecule has 3 atom stereocenters. The first-order valence-corrected chi connectivity index (χ1v) is 14.5. The molecule has 1 amide bonds. The fraction of sp³-hybridized carbons (Fsp3) is 0.273. The van der Waals surface area contributed by atoms with E-state index in [1.807, 2.05) is 36.4 Å². The lowest BCUT2D eigenvalue weighted by Crippen LogP contribution is -2.51. The number of carboxylic acids is 1. The predicted molar refractivity (Wildman–Crippen MR) is 161 cm³/mol. The number of rotatable bonds is 9.